The number of rotatable bonds is 3. The second-order valence-electron chi connectivity index (χ2n) is 3.89. The lowest BCUT2D eigenvalue weighted by molar-refractivity contribution is 0.266. The van der Waals surface area contributed by atoms with Crippen LogP contribution in [0.1, 0.15) is 22.6 Å². The third kappa shape index (κ3) is 2.67. The molecule has 1 aromatic carbocycles. The third-order valence-electron chi connectivity index (χ3n) is 2.48. The lowest BCUT2D eigenvalue weighted by Crippen LogP contribution is -1.96. The Morgan fingerprint density at radius 2 is 2.06 bits per heavy atom. The van der Waals surface area contributed by atoms with Gasteiger partial charge in [-0.1, -0.05) is 6.07 Å². The van der Waals surface area contributed by atoms with Crippen LogP contribution < -0.4 is 4.74 Å². The van der Waals surface area contributed by atoms with E-state index in [1.807, 2.05) is 32.0 Å². The maximum atomic E-state index is 8.82. The number of nitriles is 1. The quantitative estimate of drug-likeness (QED) is 0.807. The summed E-state index contributed by atoms with van der Waals surface area (Å²) in [5.41, 5.74) is 1.61. The number of hydrogen-bond donors (Lipinski definition) is 0. The van der Waals surface area contributed by atoms with Gasteiger partial charge >= 0.3 is 0 Å². The first-order chi connectivity index (χ1) is 8.19. The van der Waals surface area contributed by atoms with E-state index < -0.39 is 0 Å². The number of nitrogens with zero attached hydrogens (tertiary/aromatic N) is 1. The molecule has 0 bridgehead atoms. The molecule has 0 atom stereocenters. The van der Waals surface area contributed by atoms with Gasteiger partial charge in [0.15, 0.2) is 0 Å². The van der Waals surface area contributed by atoms with Crippen LogP contribution in [0.25, 0.3) is 0 Å². The molecule has 3 heteroatoms. The van der Waals surface area contributed by atoms with E-state index in [4.69, 9.17) is 14.4 Å². The predicted molar refractivity (Wildman–Crippen MR) is 63.7 cm³/mol. The largest absolute Gasteiger partial charge is 0.485 e. The Kier molecular flexibility index (Phi) is 3.15. The van der Waals surface area contributed by atoms with Crippen LogP contribution in [0, 0.1) is 25.2 Å². The maximum Gasteiger partial charge on any atom is 0.146 e. The number of ether oxygens (including phenoxy) is 1. The fourth-order valence-corrected chi connectivity index (χ4v) is 1.54. The molecule has 0 aliphatic carbocycles. The molecule has 0 radical (unpaired) electrons. The normalized spacial score (nSPS) is 9.94. The summed E-state index contributed by atoms with van der Waals surface area (Å²) in [6, 6.07) is 11.3. The Bertz CT molecular complexity index is 564. The summed E-state index contributed by atoms with van der Waals surface area (Å²) in [6.07, 6.45) is 0. The molecule has 2 aromatic rings. The second-order valence-corrected chi connectivity index (χ2v) is 3.89. The molecular formula is C14H13NO2. The molecule has 86 valence electrons. The lowest BCUT2D eigenvalue weighted by atomic mass is 10.1. The van der Waals surface area contributed by atoms with Crippen LogP contribution in [0.4, 0.5) is 0 Å². The van der Waals surface area contributed by atoms with E-state index in [-0.39, 0.29) is 0 Å². The minimum Gasteiger partial charge on any atom is -0.485 e. The van der Waals surface area contributed by atoms with Crippen molar-refractivity contribution in [1.29, 1.82) is 5.26 Å². The van der Waals surface area contributed by atoms with Crippen LogP contribution in [-0.2, 0) is 6.61 Å². The van der Waals surface area contributed by atoms with Crippen LogP contribution in [0.2, 0.25) is 0 Å². The van der Waals surface area contributed by atoms with Gasteiger partial charge in [-0.3, -0.25) is 0 Å². The lowest BCUT2D eigenvalue weighted by Gasteiger charge is -2.07. The Hall–Kier alpha value is -2.21. The summed E-state index contributed by atoms with van der Waals surface area (Å²) in [5, 5.41) is 8.82. The van der Waals surface area contributed by atoms with E-state index in [1.54, 1.807) is 12.1 Å². The first-order valence-electron chi connectivity index (χ1n) is 5.38. The van der Waals surface area contributed by atoms with Crippen LogP contribution in [-0.4, -0.2) is 0 Å². The minimum absolute atomic E-state index is 0.379. The van der Waals surface area contributed by atoms with Crippen molar-refractivity contribution in [3.05, 3.63) is 53.0 Å². The molecule has 0 saturated carbocycles. The fourth-order valence-electron chi connectivity index (χ4n) is 1.54. The SMILES string of the molecule is Cc1ccc(COc2cc(C#N)ccc2C)o1. The summed E-state index contributed by atoms with van der Waals surface area (Å²) >= 11 is 0. The summed E-state index contributed by atoms with van der Waals surface area (Å²) in [5.74, 6) is 2.37. The van der Waals surface area contributed by atoms with E-state index in [0.29, 0.717) is 12.2 Å². The van der Waals surface area contributed by atoms with Crippen molar-refractivity contribution in [3.63, 3.8) is 0 Å². The minimum atomic E-state index is 0.379. The average molecular weight is 227 g/mol. The first-order valence-corrected chi connectivity index (χ1v) is 5.38. The molecule has 0 unspecified atom stereocenters. The smallest absolute Gasteiger partial charge is 0.146 e. The van der Waals surface area contributed by atoms with E-state index in [2.05, 4.69) is 6.07 Å². The molecule has 2 rings (SSSR count). The van der Waals surface area contributed by atoms with Crippen molar-refractivity contribution in [2.75, 3.05) is 0 Å². The van der Waals surface area contributed by atoms with Crippen LogP contribution in [0.3, 0.4) is 0 Å². The number of benzene rings is 1. The van der Waals surface area contributed by atoms with Gasteiger partial charge in [-0.05, 0) is 43.7 Å². The monoisotopic (exact) mass is 227 g/mol. The Balaban J connectivity index is 2.11. The number of aryl methyl sites for hydroxylation is 2. The Morgan fingerprint density at radius 1 is 1.24 bits per heavy atom. The van der Waals surface area contributed by atoms with Crippen molar-refractivity contribution < 1.29 is 9.15 Å². The van der Waals surface area contributed by atoms with Crippen LogP contribution in [0.15, 0.2) is 34.7 Å². The van der Waals surface area contributed by atoms with Crippen molar-refractivity contribution in [1.82, 2.24) is 0 Å². The predicted octanol–water partition coefficient (Wildman–Crippen LogP) is 3.35. The van der Waals surface area contributed by atoms with Gasteiger partial charge in [0.25, 0.3) is 0 Å². The standard InChI is InChI=1S/C14H13NO2/c1-10-3-5-12(8-15)7-14(10)16-9-13-6-4-11(2)17-13/h3-7H,9H2,1-2H3. The molecule has 0 aliphatic heterocycles. The molecular weight excluding hydrogens is 214 g/mol. The van der Waals surface area contributed by atoms with Crippen molar-refractivity contribution >= 4 is 0 Å². The number of furan rings is 1. The molecule has 0 fully saturated rings. The van der Waals surface area contributed by atoms with E-state index in [1.165, 1.54) is 0 Å². The summed E-state index contributed by atoms with van der Waals surface area (Å²) < 4.78 is 11.0. The Morgan fingerprint density at radius 3 is 2.71 bits per heavy atom. The van der Waals surface area contributed by atoms with Crippen LogP contribution >= 0.6 is 0 Å². The summed E-state index contributed by atoms with van der Waals surface area (Å²) in [7, 11) is 0. The van der Waals surface area contributed by atoms with Crippen molar-refractivity contribution in [3.8, 4) is 11.8 Å². The van der Waals surface area contributed by atoms with Gasteiger partial charge in [-0.15, -0.1) is 0 Å². The highest BCUT2D eigenvalue weighted by Gasteiger charge is 2.04. The highest BCUT2D eigenvalue weighted by Crippen LogP contribution is 2.20. The molecule has 0 spiro atoms. The van der Waals surface area contributed by atoms with Gasteiger partial charge < -0.3 is 9.15 Å². The van der Waals surface area contributed by atoms with Gasteiger partial charge in [-0.2, -0.15) is 5.26 Å². The first kappa shape index (κ1) is 11.3. The van der Waals surface area contributed by atoms with Gasteiger partial charge in [0.1, 0.15) is 23.9 Å². The van der Waals surface area contributed by atoms with Gasteiger partial charge in [0, 0.05) is 0 Å². The van der Waals surface area contributed by atoms with Gasteiger partial charge in [0.2, 0.25) is 0 Å². The maximum absolute atomic E-state index is 8.82. The third-order valence-corrected chi connectivity index (χ3v) is 2.48. The number of hydrogen-bond acceptors (Lipinski definition) is 3. The second kappa shape index (κ2) is 4.75. The Labute approximate surface area is 100 Å². The van der Waals surface area contributed by atoms with Crippen LogP contribution in [0.5, 0.6) is 5.75 Å². The zero-order valence-corrected chi connectivity index (χ0v) is 9.86. The topological polar surface area (TPSA) is 46.2 Å². The molecule has 1 heterocycles. The summed E-state index contributed by atoms with van der Waals surface area (Å²) in [4.78, 5) is 0. The van der Waals surface area contributed by atoms with E-state index >= 15 is 0 Å². The molecule has 1 aromatic heterocycles. The van der Waals surface area contributed by atoms with Crippen molar-refractivity contribution in [2.24, 2.45) is 0 Å². The highest BCUT2D eigenvalue weighted by molar-refractivity contribution is 5.41. The fraction of sp³-hybridized carbons (Fsp3) is 0.214. The molecule has 3 nitrogen and oxygen atoms in total. The summed E-state index contributed by atoms with van der Waals surface area (Å²) in [6.45, 7) is 4.22. The molecule has 0 saturated heterocycles. The molecule has 17 heavy (non-hydrogen) atoms. The van der Waals surface area contributed by atoms with Gasteiger partial charge in [-0.25, -0.2) is 0 Å². The van der Waals surface area contributed by atoms with E-state index in [0.717, 1.165) is 22.8 Å². The average Bonchev–Trinajstić information content (AvgIpc) is 2.74. The zero-order valence-electron chi connectivity index (χ0n) is 9.86. The zero-order chi connectivity index (χ0) is 12.3. The van der Waals surface area contributed by atoms with Crippen molar-refractivity contribution in [2.45, 2.75) is 20.5 Å². The molecule has 0 amide bonds. The molecule has 0 N–H and O–H groups in total. The molecule has 0 aliphatic rings. The highest BCUT2D eigenvalue weighted by atomic mass is 16.5. The van der Waals surface area contributed by atoms with Gasteiger partial charge in [0.05, 0.1) is 11.6 Å². The van der Waals surface area contributed by atoms with E-state index in [9.17, 15) is 0 Å².